The van der Waals surface area contributed by atoms with Gasteiger partial charge in [-0.1, -0.05) is 0 Å². The second-order valence-corrected chi connectivity index (χ2v) is 4.76. The van der Waals surface area contributed by atoms with Crippen LogP contribution in [0, 0.1) is 30.6 Å². The van der Waals surface area contributed by atoms with Gasteiger partial charge in [0.25, 0.3) is 0 Å². The third-order valence-corrected chi connectivity index (χ3v) is 3.05. The van der Waals surface area contributed by atoms with Gasteiger partial charge < -0.3 is 10.1 Å². The number of nitrogens with zero attached hydrogens (tertiary/aromatic N) is 1. The molecule has 4 nitrogen and oxygen atoms in total. The van der Waals surface area contributed by atoms with Gasteiger partial charge in [-0.3, -0.25) is 4.79 Å². The van der Waals surface area contributed by atoms with Crippen LogP contribution < -0.4 is 10.1 Å². The summed E-state index contributed by atoms with van der Waals surface area (Å²) in [5, 5.41) is 11.7. The molecule has 0 aromatic heterocycles. The van der Waals surface area contributed by atoms with Gasteiger partial charge in [-0.25, -0.2) is 0 Å². The summed E-state index contributed by atoms with van der Waals surface area (Å²) in [4.78, 5) is 11.9. The lowest BCUT2D eigenvalue weighted by molar-refractivity contribution is -0.121. The summed E-state index contributed by atoms with van der Waals surface area (Å²) >= 11 is 0. The van der Waals surface area contributed by atoms with Crippen LogP contribution in [0.1, 0.15) is 25.0 Å². The van der Waals surface area contributed by atoms with Crippen molar-refractivity contribution in [2.45, 2.75) is 27.7 Å². The van der Waals surface area contributed by atoms with Crippen LogP contribution in [0.15, 0.2) is 12.1 Å². The lowest BCUT2D eigenvalue weighted by Crippen LogP contribution is -2.29. The molecule has 0 radical (unpaired) electrons. The summed E-state index contributed by atoms with van der Waals surface area (Å²) in [6.45, 7) is 7.02. The largest absolute Gasteiger partial charge is 0.496 e. The van der Waals surface area contributed by atoms with E-state index in [4.69, 9.17) is 10.00 Å². The molecule has 18 heavy (non-hydrogen) atoms. The molecule has 0 bridgehead atoms. The Kier molecular flexibility index (Phi) is 3.97. The van der Waals surface area contributed by atoms with Gasteiger partial charge in [-0.15, -0.1) is 0 Å². The fraction of sp³-hybridized carbons (Fsp3) is 0.429. The Hall–Kier alpha value is -2.02. The van der Waals surface area contributed by atoms with Gasteiger partial charge >= 0.3 is 0 Å². The van der Waals surface area contributed by atoms with Crippen molar-refractivity contribution in [1.29, 1.82) is 5.26 Å². The number of nitriles is 1. The maximum absolute atomic E-state index is 11.9. The average Bonchev–Trinajstić information content (AvgIpc) is 2.35. The second kappa shape index (κ2) is 5.09. The van der Waals surface area contributed by atoms with Crippen LogP contribution in [-0.4, -0.2) is 13.0 Å². The van der Waals surface area contributed by atoms with E-state index in [2.05, 4.69) is 5.32 Å². The molecule has 0 unspecified atom stereocenters. The minimum Gasteiger partial charge on any atom is -0.496 e. The van der Waals surface area contributed by atoms with Crippen LogP contribution >= 0.6 is 0 Å². The van der Waals surface area contributed by atoms with E-state index in [0.29, 0.717) is 5.69 Å². The Morgan fingerprint density at radius 1 is 1.33 bits per heavy atom. The first-order valence-corrected chi connectivity index (χ1v) is 5.70. The first-order chi connectivity index (χ1) is 8.33. The van der Waals surface area contributed by atoms with Crippen molar-refractivity contribution in [3.05, 3.63) is 23.3 Å². The van der Waals surface area contributed by atoms with Gasteiger partial charge in [-0.2, -0.15) is 5.26 Å². The SMILES string of the molecule is COc1ccc(NC(=O)C(C)(C)C#N)c(C)c1C. The summed E-state index contributed by atoms with van der Waals surface area (Å²) in [5.41, 5.74) is 1.59. The van der Waals surface area contributed by atoms with Crippen LogP contribution in [0.25, 0.3) is 0 Å². The zero-order valence-corrected chi connectivity index (χ0v) is 11.4. The quantitative estimate of drug-likeness (QED) is 0.892. The van der Waals surface area contributed by atoms with Crippen LogP contribution in [0.3, 0.4) is 0 Å². The lowest BCUT2D eigenvalue weighted by Gasteiger charge is -2.18. The van der Waals surface area contributed by atoms with Crippen molar-refractivity contribution in [2.75, 3.05) is 12.4 Å². The predicted molar refractivity (Wildman–Crippen MR) is 70.5 cm³/mol. The Morgan fingerprint density at radius 3 is 2.44 bits per heavy atom. The Morgan fingerprint density at radius 2 is 1.94 bits per heavy atom. The number of hydrogen-bond donors (Lipinski definition) is 1. The molecule has 1 rings (SSSR count). The van der Waals surface area contributed by atoms with Crippen LogP contribution in [0.2, 0.25) is 0 Å². The van der Waals surface area contributed by atoms with E-state index in [1.54, 1.807) is 33.1 Å². The van der Waals surface area contributed by atoms with E-state index in [0.717, 1.165) is 16.9 Å². The molecule has 1 amide bonds. The van der Waals surface area contributed by atoms with Gasteiger partial charge in [-0.05, 0) is 51.0 Å². The van der Waals surface area contributed by atoms with E-state index in [-0.39, 0.29) is 5.91 Å². The highest BCUT2D eigenvalue weighted by Crippen LogP contribution is 2.28. The molecule has 4 heteroatoms. The highest BCUT2D eigenvalue weighted by Gasteiger charge is 2.27. The number of methoxy groups -OCH3 is 1. The average molecular weight is 246 g/mol. The maximum atomic E-state index is 11.9. The molecular formula is C14H18N2O2. The lowest BCUT2D eigenvalue weighted by atomic mass is 9.94. The van der Waals surface area contributed by atoms with Crippen LogP contribution in [-0.2, 0) is 4.79 Å². The Bertz CT molecular complexity index is 513. The van der Waals surface area contributed by atoms with E-state index < -0.39 is 5.41 Å². The molecule has 0 saturated carbocycles. The molecule has 1 aromatic rings. The molecule has 0 aliphatic heterocycles. The second-order valence-electron chi connectivity index (χ2n) is 4.76. The fourth-order valence-electron chi connectivity index (χ4n) is 1.48. The van der Waals surface area contributed by atoms with Crippen molar-refractivity contribution >= 4 is 11.6 Å². The van der Waals surface area contributed by atoms with Gasteiger partial charge in [0.1, 0.15) is 11.2 Å². The zero-order valence-electron chi connectivity index (χ0n) is 11.4. The van der Waals surface area contributed by atoms with E-state index in [1.165, 1.54) is 0 Å². The molecule has 1 N–H and O–H groups in total. The molecule has 0 atom stereocenters. The van der Waals surface area contributed by atoms with Gasteiger partial charge in [0.05, 0.1) is 13.2 Å². The van der Waals surface area contributed by atoms with Crippen LogP contribution in [0.4, 0.5) is 5.69 Å². The Labute approximate surface area is 108 Å². The molecular weight excluding hydrogens is 228 g/mol. The minimum absolute atomic E-state index is 0.308. The third-order valence-electron chi connectivity index (χ3n) is 3.05. The number of ether oxygens (including phenoxy) is 1. The van der Waals surface area contributed by atoms with Crippen LogP contribution in [0.5, 0.6) is 5.75 Å². The van der Waals surface area contributed by atoms with E-state index in [1.807, 2.05) is 19.9 Å². The van der Waals surface area contributed by atoms with Crippen molar-refractivity contribution in [1.82, 2.24) is 0 Å². The molecule has 0 fully saturated rings. The highest BCUT2D eigenvalue weighted by atomic mass is 16.5. The molecule has 0 saturated heterocycles. The number of anilines is 1. The number of hydrogen-bond acceptors (Lipinski definition) is 3. The monoisotopic (exact) mass is 246 g/mol. The van der Waals surface area contributed by atoms with E-state index >= 15 is 0 Å². The summed E-state index contributed by atoms with van der Waals surface area (Å²) in [5.74, 6) is 0.475. The molecule has 1 aromatic carbocycles. The summed E-state index contributed by atoms with van der Waals surface area (Å²) < 4.78 is 5.21. The van der Waals surface area contributed by atoms with Crippen molar-refractivity contribution in [2.24, 2.45) is 5.41 Å². The first-order valence-electron chi connectivity index (χ1n) is 5.70. The predicted octanol–water partition coefficient (Wildman–Crippen LogP) is 2.80. The summed E-state index contributed by atoms with van der Waals surface area (Å²) in [6.07, 6.45) is 0. The number of rotatable bonds is 3. The zero-order chi connectivity index (χ0) is 13.9. The molecule has 0 aliphatic rings. The summed E-state index contributed by atoms with van der Waals surface area (Å²) in [6, 6.07) is 5.57. The van der Waals surface area contributed by atoms with Gasteiger partial charge in [0.2, 0.25) is 5.91 Å². The van der Waals surface area contributed by atoms with Gasteiger partial charge in [0.15, 0.2) is 0 Å². The van der Waals surface area contributed by atoms with Crippen molar-refractivity contribution < 1.29 is 9.53 Å². The highest BCUT2D eigenvalue weighted by molar-refractivity contribution is 5.97. The maximum Gasteiger partial charge on any atom is 0.244 e. The number of nitrogens with one attached hydrogen (secondary N) is 1. The minimum atomic E-state index is -1.04. The molecule has 0 aliphatic carbocycles. The standard InChI is InChI=1S/C14H18N2O2/c1-9-10(2)12(18-5)7-6-11(9)16-13(17)14(3,4)8-15/h6-7H,1-5H3,(H,16,17). The summed E-state index contributed by atoms with van der Waals surface area (Å²) in [7, 11) is 1.61. The number of carbonyl (C=O) groups excluding carboxylic acids is 1. The van der Waals surface area contributed by atoms with Gasteiger partial charge in [0, 0.05) is 5.69 Å². The van der Waals surface area contributed by atoms with E-state index in [9.17, 15) is 4.79 Å². The smallest absolute Gasteiger partial charge is 0.244 e. The first kappa shape index (κ1) is 14.0. The number of carbonyl (C=O) groups is 1. The van der Waals surface area contributed by atoms with Crippen molar-refractivity contribution in [3.63, 3.8) is 0 Å². The Balaban J connectivity index is 3.05. The fourth-order valence-corrected chi connectivity index (χ4v) is 1.48. The normalized spacial score (nSPS) is 10.7. The molecule has 96 valence electrons. The van der Waals surface area contributed by atoms with Crippen molar-refractivity contribution in [3.8, 4) is 11.8 Å². The number of amides is 1. The molecule has 0 heterocycles. The molecule has 0 spiro atoms. The third kappa shape index (κ3) is 2.62. The number of benzene rings is 1. The topological polar surface area (TPSA) is 62.1 Å².